The van der Waals surface area contributed by atoms with Crippen LogP contribution in [0.4, 0.5) is 5.69 Å². The molecule has 0 heterocycles. The average Bonchev–Trinajstić information content (AvgIpc) is 2.83. The molecule has 1 amide bonds. The van der Waals surface area contributed by atoms with Gasteiger partial charge in [0, 0.05) is 11.3 Å². The minimum absolute atomic E-state index is 0.183. The maximum atomic E-state index is 13.0. The van der Waals surface area contributed by atoms with Gasteiger partial charge in [0.05, 0.1) is 0 Å². The number of hydrogen-bond donors (Lipinski definition) is 1. The van der Waals surface area contributed by atoms with Gasteiger partial charge in [-0.15, -0.1) is 0 Å². The van der Waals surface area contributed by atoms with E-state index in [9.17, 15) is 9.59 Å². The minimum atomic E-state index is -0.769. The van der Waals surface area contributed by atoms with Crippen molar-refractivity contribution in [2.45, 2.75) is 59.2 Å². The maximum Gasteiger partial charge on any atom is 0.347 e. The molecule has 178 valence electrons. The zero-order chi connectivity index (χ0) is 24.7. The summed E-state index contributed by atoms with van der Waals surface area (Å²) in [6.07, 6.45) is -0.769. The third-order valence-corrected chi connectivity index (χ3v) is 5.60. The molecular formula is C29H33NO4. The molecule has 5 heteroatoms. The monoisotopic (exact) mass is 459 g/mol. The van der Waals surface area contributed by atoms with E-state index in [-0.39, 0.29) is 24.3 Å². The van der Waals surface area contributed by atoms with Gasteiger partial charge in [-0.1, -0.05) is 76.2 Å². The van der Waals surface area contributed by atoms with Crippen molar-refractivity contribution in [1.29, 1.82) is 0 Å². The van der Waals surface area contributed by atoms with Crippen LogP contribution >= 0.6 is 0 Å². The highest BCUT2D eigenvalue weighted by atomic mass is 16.6. The van der Waals surface area contributed by atoms with Crippen molar-refractivity contribution in [3.05, 3.63) is 95.1 Å². The van der Waals surface area contributed by atoms with Gasteiger partial charge >= 0.3 is 5.97 Å². The molecular weight excluding hydrogens is 426 g/mol. The van der Waals surface area contributed by atoms with Gasteiger partial charge in [-0.05, 0) is 59.7 Å². The molecule has 1 unspecified atom stereocenters. The maximum absolute atomic E-state index is 13.0. The first kappa shape index (κ1) is 25.0. The van der Waals surface area contributed by atoms with Crippen molar-refractivity contribution in [3.63, 3.8) is 0 Å². The molecule has 0 fully saturated rings. The van der Waals surface area contributed by atoms with Crippen LogP contribution in [0.1, 0.15) is 73.5 Å². The number of carbonyl (C=O) groups excluding carboxylic acids is 2. The Morgan fingerprint density at radius 2 is 1.35 bits per heavy atom. The SMILES string of the molecule is CC(Oc1ccc(C(=O)Nc2c(C(C)C)cccc2C(C)C)cc1)C(=O)OCc1ccccc1. The van der Waals surface area contributed by atoms with Gasteiger partial charge in [0.15, 0.2) is 6.10 Å². The lowest BCUT2D eigenvalue weighted by atomic mass is 9.92. The molecule has 0 aliphatic carbocycles. The van der Waals surface area contributed by atoms with Crippen molar-refractivity contribution in [2.75, 3.05) is 5.32 Å². The molecule has 3 aromatic carbocycles. The Hall–Kier alpha value is -3.60. The smallest absolute Gasteiger partial charge is 0.347 e. The number of nitrogens with one attached hydrogen (secondary N) is 1. The quantitative estimate of drug-likeness (QED) is 0.362. The van der Waals surface area contributed by atoms with Gasteiger partial charge in [0.2, 0.25) is 0 Å². The van der Waals surface area contributed by atoms with E-state index in [0.717, 1.165) is 22.4 Å². The van der Waals surface area contributed by atoms with Crippen LogP contribution in [-0.4, -0.2) is 18.0 Å². The molecule has 0 radical (unpaired) electrons. The first-order valence-electron chi connectivity index (χ1n) is 11.7. The molecule has 0 spiro atoms. The molecule has 0 aliphatic rings. The van der Waals surface area contributed by atoms with E-state index < -0.39 is 12.1 Å². The lowest BCUT2D eigenvalue weighted by Crippen LogP contribution is -2.26. The van der Waals surface area contributed by atoms with Gasteiger partial charge in [0.1, 0.15) is 12.4 Å². The fourth-order valence-corrected chi connectivity index (χ4v) is 3.66. The highest BCUT2D eigenvalue weighted by Crippen LogP contribution is 2.32. The molecule has 0 bridgehead atoms. The number of ether oxygens (including phenoxy) is 2. The van der Waals surface area contributed by atoms with E-state index in [1.54, 1.807) is 31.2 Å². The molecule has 0 saturated heterocycles. The molecule has 34 heavy (non-hydrogen) atoms. The molecule has 5 nitrogen and oxygen atoms in total. The second-order valence-corrected chi connectivity index (χ2v) is 8.95. The predicted octanol–water partition coefficient (Wildman–Crippen LogP) is 6.70. The van der Waals surface area contributed by atoms with Crippen molar-refractivity contribution in [1.82, 2.24) is 0 Å². The highest BCUT2D eigenvalue weighted by molar-refractivity contribution is 6.05. The zero-order valence-corrected chi connectivity index (χ0v) is 20.5. The molecule has 0 aliphatic heterocycles. The molecule has 1 N–H and O–H groups in total. The Kier molecular flexibility index (Phi) is 8.47. The fraction of sp³-hybridized carbons (Fsp3) is 0.310. The van der Waals surface area contributed by atoms with Crippen LogP contribution in [0.25, 0.3) is 0 Å². The highest BCUT2D eigenvalue weighted by Gasteiger charge is 2.19. The van der Waals surface area contributed by atoms with Crippen LogP contribution in [-0.2, 0) is 16.1 Å². The zero-order valence-electron chi connectivity index (χ0n) is 20.5. The van der Waals surface area contributed by atoms with Crippen molar-refractivity contribution >= 4 is 17.6 Å². The lowest BCUT2D eigenvalue weighted by Gasteiger charge is -2.20. The number of benzene rings is 3. The van der Waals surface area contributed by atoms with E-state index in [4.69, 9.17) is 9.47 Å². The number of esters is 1. The Morgan fingerprint density at radius 3 is 1.91 bits per heavy atom. The van der Waals surface area contributed by atoms with Crippen molar-refractivity contribution in [2.24, 2.45) is 0 Å². The number of hydrogen-bond acceptors (Lipinski definition) is 4. The van der Waals surface area contributed by atoms with Crippen molar-refractivity contribution < 1.29 is 19.1 Å². The summed E-state index contributed by atoms with van der Waals surface area (Å²) < 4.78 is 11.0. The van der Waals surface area contributed by atoms with E-state index in [0.29, 0.717) is 11.3 Å². The standard InChI is InChI=1S/C29H33NO4/c1-19(2)25-12-9-13-26(20(3)4)27(25)30-28(31)23-14-16-24(17-15-23)34-21(5)29(32)33-18-22-10-7-6-8-11-22/h6-17,19-21H,18H2,1-5H3,(H,30,31). The summed E-state index contributed by atoms with van der Waals surface area (Å²) in [6, 6.07) is 22.4. The first-order valence-corrected chi connectivity index (χ1v) is 11.7. The number of carbonyl (C=O) groups is 2. The normalized spacial score (nSPS) is 11.9. The van der Waals surface area contributed by atoms with Crippen molar-refractivity contribution in [3.8, 4) is 5.75 Å². The number of rotatable bonds is 9. The van der Waals surface area contributed by atoms with Crippen LogP contribution < -0.4 is 10.1 Å². The number of amides is 1. The molecule has 0 aromatic heterocycles. The van der Waals surface area contributed by atoms with Crippen LogP contribution in [0.3, 0.4) is 0 Å². The first-order chi connectivity index (χ1) is 16.3. The van der Waals surface area contributed by atoms with E-state index in [1.807, 2.05) is 36.4 Å². The summed E-state index contributed by atoms with van der Waals surface area (Å²) in [5.41, 5.74) is 4.54. The second-order valence-electron chi connectivity index (χ2n) is 8.95. The summed E-state index contributed by atoms with van der Waals surface area (Å²) >= 11 is 0. The van der Waals surface area contributed by atoms with Crippen LogP contribution in [0.15, 0.2) is 72.8 Å². The summed E-state index contributed by atoms with van der Waals surface area (Å²) in [7, 11) is 0. The average molecular weight is 460 g/mol. The van der Waals surface area contributed by atoms with E-state index in [2.05, 4.69) is 45.1 Å². The fourth-order valence-electron chi connectivity index (χ4n) is 3.66. The Balaban J connectivity index is 1.63. The van der Waals surface area contributed by atoms with Crippen LogP contribution in [0, 0.1) is 0 Å². The Labute approximate surface area is 202 Å². The van der Waals surface area contributed by atoms with Gasteiger partial charge in [0.25, 0.3) is 5.91 Å². The van der Waals surface area contributed by atoms with E-state index in [1.165, 1.54) is 0 Å². The van der Waals surface area contributed by atoms with Gasteiger partial charge in [-0.2, -0.15) is 0 Å². The summed E-state index contributed by atoms with van der Waals surface area (Å²) in [4.78, 5) is 25.3. The van der Waals surface area contributed by atoms with Gasteiger partial charge in [-0.25, -0.2) is 4.79 Å². The lowest BCUT2D eigenvalue weighted by molar-refractivity contribution is -0.152. The topological polar surface area (TPSA) is 64.6 Å². The molecule has 3 aromatic rings. The third-order valence-electron chi connectivity index (χ3n) is 5.60. The number of anilines is 1. The minimum Gasteiger partial charge on any atom is -0.479 e. The second kappa shape index (κ2) is 11.5. The van der Waals surface area contributed by atoms with Gasteiger partial charge in [-0.3, -0.25) is 4.79 Å². The third kappa shape index (κ3) is 6.47. The Bertz CT molecular complexity index is 1080. The van der Waals surface area contributed by atoms with Crippen LogP contribution in [0.5, 0.6) is 5.75 Å². The Morgan fingerprint density at radius 1 is 0.765 bits per heavy atom. The number of para-hydroxylation sites is 1. The summed E-state index contributed by atoms with van der Waals surface area (Å²) in [6.45, 7) is 10.3. The molecule has 1 atom stereocenters. The predicted molar refractivity (Wildman–Crippen MR) is 135 cm³/mol. The molecule has 3 rings (SSSR count). The van der Waals surface area contributed by atoms with E-state index >= 15 is 0 Å². The van der Waals surface area contributed by atoms with Crippen LogP contribution in [0.2, 0.25) is 0 Å². The molecule has 0 saturated carbocycles. The largest absolute Gasteiger partial charge is 0.479 e. The summed E-state index contributed by atoms with van der Waals surface area (Å²) in [5.74, 6) is 0.432. The van der Waals surface area contributed by atoms with Gasteiger partial charge < -0.3 is 14.8 Å². The summed E-state index contributed by atoms with van der Waals surface area (Å²) in [5, 5.41) is 3.12.